The Labute approximate surface area is 186 Å². The summed E-state index contributed by atoms with van der Waals surface area (Å²) in [5.41, 5.74) is 5.16. The Kier molecular flexibility index (Phi) is 5.26. The summed E-state index contributed by atoms with van der Waals surface area (Å²) in [7, 11) is 1.92. The van der Waals surface area contributed by atoms with E-state index in [2.05, 4.69) is 42.1 Å². The number of pyridine rings is 1. The van der Waals surface area contributed by atoms with E-state index in [4.69, 9.17) is 0 Å². The molecule has 1 unspecified atom stereocenters. The first-order chi connectivity index (χ1) is 15.5. The van der Waals surface area contributed by atoms with Gasteiger partial charge in [0, 0.05) is 74.7 Å². The molecule has 9 heteroatoms. The van der Waals surface area contributed by atoms with Crippen LogP contribution >= 0.6 is 0 Å². The summed E-state index contributed by atoms with van der Waals surface area (Å²) >= 11 is 0. The summed E-state index contributed by atoms with van der Waals surface area (Å²) in [5.74, 6) is 0.851. The van der Waals surface area contributed by atoms with Gasteiger partial charge >= 0.3 is 0 Å². The second-order valence-electron chi connectivity index (χ2n) is 8.66. The number of hydrogen-bond donors (Lipinski definition) is 1. The SMILES string of the molecule is CC(C)C(O)c1cnc(N2CCN(c3cnn4cc(-c5cnn(C)c5)ccc34)CC2)nc1. The van der Waals surface area contributed by atoms with Gasteiger partial charge < -0.3 is 14.9 Å². The number of aliphatic hydroxyl groups excluding tert-OH is 1. The van der Waals surface area contributed by atoms with Crippen LogP contribution in [-0.2, 0) is 7.05 Å². The largest absolute Gasteiger partial charge is 0.388 e. The minimum atomic E-state index is -0.532. The zero-order valence-corrected chi connectivity index (χ0v) is 18.6. The van der Waals surface area contributed by atoms with E-state index in [1.165, 1.54) is 0 Å². The van der Waals surface area contributed by atoms with Gasteiger partial charge in [0.05, 0.1) is 29.7 Å². The minimum Gasteiger partial charge on any atom is -0.388 e. The molecule has 32 heavy (non-hydrogen) atoms. The lowest BCUT2D eigenvalue weighted by atomic mass is 10.0. The third-order valence-corrected chi connectivity index (χ3v) is 6.07. The number of hydrogen-bond acceptors (Lipinski definition) is 7. The molecular weight excluding hydrogens is 404 g/mol. The maximum Gasteiger partial charge on any atom is 0.225 e. The van der Waals surface area contributed by atoms with Crippen LogP contribution in [0.3, 0.4) is 0 Å². The summed E-state index contributed by atoms with van der Waals surface area (Å²) in [6.07, 6.45) is 10.8. The van der Waals surface area contributed by atoms with Gasteiger partial charge in [-0.2, -0.15) is 10.2 Å². The van der Waals surface area contributed by atoms with E-state index < -0.39 is 6.10 Å². The first-order valence-electron chi connectivity index (χ1n) is 11.0. The molecule has 1 N–H and O–H groups in total. The van der Waals surface area contributed by atoms with E-state index >= 15 is 0 Å². The minimum absolute atomic E-state index is 0.138. The maximum atomic E-state index is 10.2. The van der Waals surface area contributed by atoms with Crippen LogP contribution < -0.4 is 9.80 Å². The molecular formula is C23H28N8O. The number of aliphatic hydroxyl groups is 1. The molecule has 4 aromatic heterocycles. The molecule has 0 radical (unpaired) electrons. The Morgan fingerprint density at radius 3 is 2.22 bits per heavy atom. The van der Waals surface area contributed by atoms with Gasteiger partial charge in [0.25, 0.3) is 0 Å². The van der Waals surface area contributed by atoms with E-state index in [-0.39, 0.29) is 5.92 Å². The van der Waals surface area contributed by atoms with Crippen molar-refractivity contribution in [2.45, 2.75) is 20.0 Å². The van der Waals surface area contributed by atoms with Crippen molar-refractivity contribution in [1.82, 2.24) is 29.4 Å². The lowest BCUT2D eigenvalue weighted by Crippen LogP contribution is -2.47. The van der Waals surface area contributed by atoms with Gasteiger partial charge in [-0.3, -0.25) is 4.68 Å². The van der Waals surface area contributed by atoms with E-state index in [0.717, 1.165) is 54.1 Å². The normalized spacial score (nSPS) is 15.7. The van der Waals surface area contributed by atoms with Crippen molar-refractivity contribution in [1.29, 1.82) is 0 Å². The first-order valence-corrected chi connectivity index (χ1v) is 11.0. The molecule has 0 amide bonds. The van der Waals surface area contributed by atoms with Crippen LogP contribution in [-0.4, -0.2) is 60.6 Å². The molecule has 5 rings (SSSR count). The zero-order chi connectivity index (χ0) is 22.2. The Morgan fingerprint density at radius 1 is 0.844 bits per heavy atom. The Bertz CT molecular complexity index is 1200. The molecule has 0 aromatic carbocycles. The molecule has 1 saturated heterocycles. The highest BCUT2D eigenvalue weighted by atomic mass is 16.3. The van der Waals surface area contributed by atoms with Crippen LogP contribution in [0.4, 0.5) is 11.6 Å². The van der Waals surface area contributed by atoms with Crippen LogP contribution in [0.25, 0.3) is 16.6 Å². The summed E-state index contributed by atoms with van der Waals surface area (Å²) in [6.45, 7) is 7.36. The molecule has 0 saturated carbocycles. The van der Waals surface area contributed by atoms with Crippen molar-refractivity contribution in [2.24, 2.45) is 13.0 Å². The van der Waals surface area contributed by atoms with Gasteiger partial charge in [-0.25, -0.2) is 14.5 Å². The number of nitrogens with zero attached hydrogens (tertiary/aromatic N) is 8. The Balaban J connectivity index is 1.28. The number of anilines is 2. The molecule has 5 heterocycles. The summed E-state index contributed by atoms with van der Waals surface area (Å²) in [5, 5.41) is 19.0. The molecule has 166 valence electrons. The molecule has 9 nitrogen and oxygen atoms in total. The highest BCUT2D eigenvalue weighted by Gasteiger charge is 2.22. The lowest BCUT2D eigenvalue weighted by Gasteiger charge is -2.35. The quantitative estimate of drug-likeness (QED) is 0.518. The second-order valence-corrected chi connectivity index (χ2v) is 8.66. The van der Waals surface area contributed by atoms with Gasteiger partial charge in [0.15, 0.2) is 0 Å². The molecule has 1 aliphatic rings. The smallest absolute Gasteiger partial charge is 0.225 e. The fourth-order valence-electron chi connectivity index (χ4n) is 4.13. The molecule has 4 aromatic rings. The van der Waals surface area contributed by atoms with Crippen molar-refractivity contribution in [3.05, 3.63) is 54.9 Å². The van der Waals surface area contributed by atoms with Crippen LogP contribution in [0.1, 0.15) is 25.5 Å². The van der Waals surface area contributed by atoms with Gasteiger partial charge in [-0.05, 0) is 12.0 Å². The van der Waals surface area contributed by atoms with Crippen molar-refractivity contribution >= 4 is 17.2 Å². The molecule has 0 bridgehead atoms. The lowest BCUT2D eigenvalue weighted by molar-refractivity contribution is 0.126. The second kappa shape index (κ2) is 8.23. The Hall–Kier alpha value is -3.46. The predicted octanol–water partition coefficient (Wildman–Crippen LogP) is 2.54. The topological polar surface area (TPSA) is 87.6 Å². The average Bonchev–Trinajstić information content (AvgIpc) is 3.44. The van der Waals surface area contributed by atoms with Gasteiger partial charge in [-0.15, -0.1) is 0 Å². The van der Waals surface area contributed by atoms with Crippen LogP contribution in [0, 0.1) is 5.92 Å². The Morgan fingerprint density at radius 2 is 1.56 bits per heavy atom. The number of rotatable bonds is 5. The summed E-state index contributed by atoms with van der Waals surface area (Å²) < 4.78 is 3.74. The third-order valence-electron chi connectivity index (χ3n) is 6.07. The fraction of sp³-hybridized carbons (Fsp3) is 0.391. The standard InChI is InChI=1S/C23H28N8O/c1-16(2)22(32)18-10-24-23(25-11-18)30-8-6-29(7-9-30)21-13-27-31-15-17(4-5-20(21)31)19-12-26-28(3)14-19/h4-5,10-16,22,32H,6-9H2,1-3H3. The van der Waals surface area contributed by atoms with Crippen LogP contribution in [0.5, 0.6) is 0 Å². The van der Waals surface area contributed by atoms with Crippen LogP contribution in [0.2, 0.25) is 0 Å². The monoisotopic (exact) mass is 432 g/mol. The maximum absolute atomic E-state index is 10.2. The van der Waals surface area contributed by atoms with Crippen LogP contribution in [0.15, 0.2) is 49.3 Å². The van der Waals surface area contributed by atoms with Crippen molar-refractivity contribution in [3.63, 3.8) is 0 Å². The van der Waals surface area contributed by atoms with Crippen molar-refractivity contribution in [2.75, 3.05) is 36.0 Å². The molecule has 0 spiro atoms. The van der Waals surface area contributed by atoms with Gasteiger partial charge in [0.2, 0.25) is 5.95 Å². The number of aryl methyl sites for hydroxylation is 1. The third kappa shape index (κ3) is 3.80. The van der Waals surface area contributed by atoms with E-state index in [1.807, 2.05) is 50.2 Å². The summed E-state index contributed by atoms with van der Waals surface area (Å²) in [4.78, 5) is 13.5. The van der Waals surface area contributed by atoms with E-state index in [9.17, 15) is 5.11 Å². The first kappa shape index (κ1) is 20.4. The highest BCUT2D eigenvalue weighted by molar-refractivity contribution is 5.75. The molecule has 1 aliphatic heterocycles. The zero-order valence-electron chi connectivity index (χ0n) is 18.6. The highest BCUT2D eigenvalue weighted by Crippen LogP contribution is 2.27. The summed E-state index contributed by atoms with van der Waals surface area (Å²) in [6, 6.07) is 4.24. The molecule has 0 aliphatic carbocycles. The molecule has 1 atom stereocenters. The van der Waals surface area contributed by atoms with Crippen molar-refractivity contribution < 1.29 is 5.11 Å². The number of fused-ring (bicyclic) bond motifs is 1. The van der Waals surface area contributed by atoms with E-state index in [0.29, 0.717) is 5.95 Å². The fourth-order valence-corrected chi connectivity index (χ4v) is 4.13. The average molecular weight is 433 g/mol. The van der Waals surface area contributed by atoms with Crippen molar-refractivity contribution in [3.8, 4) is 11.1 Å². The van der Waals surface area contributed by atoms with E-state index in [1.54, 1.807) is 17.1 Å². The van der Waals surface area contributed by atoms with Gasteiger partial charge in [0.1, 0.15) is 0 Å². The van der Waals surface area contributed by atoms with Gasteiger partial charge in [-0.1, -0.05) is 19.9 Å². The molecule has 1 fully saturated rings. The number of aromatic nitrogens is 6. The number of piperazine rings is 1. The predicted molar refractivity (Wildman–Crippen MR) is 124 cm³/mol.